The van der Waals surface area contributed by atoms with Crippen molar-refractivity contribution in [2.45, 2.75) is 41.6 Å². The van der Waals surface area contributed by atoms with Crippen LogP contribution in [0.4, 0.5) is 40.6 Å². The van der Waals surface area contributed by atoms with Crippen molar-refractivity contribution >= 4 is 122 Å². The summed E-state index contributed by atoms with van der Waals surface area (Å²) < 4.78 is 152. The molecule has 0 amide bonds. The first-order valence-electron chi connectivity index (χ1n) is 16.8. The summed E-state index contributed by atoms with van der Waals surface area (Å²) in [4.78, 5) is 33.6. The van der Waals surface area contributed by atoms with E-state index in [4.69, 9.17) is 27.9 Å². The maximum atomic E-state index is 14.1. The molecule has 2 heterocycles. The molecule has 0 atom stereocenters. The maximum Gasteiger partial charge on any atom is 1.00 e. The monoisotopic (exact) mass is 1070 g/mol. The molecule has 35 heteroatoms. The predicted octanol–water partition coefficient (Wildman–Crippen LogP) is -9.03. The van der Waals surface area contributed by atoms with E-state index in [2.05, 4.69) is 56.4 Å². The van der Waals surface area contributed by atoms with E-state index in [9.17, 15) is 56.7 Å². The molecule has 67 heavy (non-hydrogen) atoms. The summed E-state index contributed by atoms with van der Waals surface area (Å²) in [5.41, 5.74) is -1.55. The number of carbonyl (C=O) groups is 1. The van der Waals surface area contributed by atoms with E-state index in [1.54, 1.807) is 13.8 Å². The zero-order chi connectivity index (χ0) is 46.4. The normalized spacial score (nSPS) is 13.1. The van der Waals surface area contributed by atoms with Gasteiger partial charge < -0.3 is 38.9 Å². The zero-order valence-corrected chi connectivity index (χ0v) is 48.3. The van der Waals surface area contributed by atoms with Crippen molar-refractivity contribution in [3.05, 3.63) is 80.7 Å². The summed E-state index contributed by atoms with van der Waals surface area (Å²) in [6, 6.07) is 7.43. The van der Waals surface area contributed by atoms with Crippen LogP contribution >= 0.6 is 23.2 Å². The molecule has 4 N–H and O–H groups in total. The standard InChI is InChI=1S/C32H27Cl2N11O14S4.4Na/c1-13(2)59-32-41-28(34)40-31(43-32)36-19-11-16(5-7-21(19)61(50,51)52)35-29-38-27(33)39-30(42-29)37-20-12-17(60(47,48)49)9-15-10-23(63(56,57)58)25(26(46)24(15)20)45-44-18-6-4-14(3)8-22(18)62(53,54)55;;;;/h4-13,44H,1-3H3,(H,47,48,49)(H,50,51,52)(H,53,54,55)(H,56,57,58)(H,36,40,41,43)(H2,35,37,38,39,42);;;;/q;4*+1/p-4/b45-25+;;;;. The summed E-state index contributed by atoms with van der Waals surface area (Å²) in [6.45, 7) is 4.78. The largest absolute Gasteiger partial charge is 1.00 e. The van der Waals surface area contributed by atoms with Crippen LogP contribution in [-0.4, -0.2) is 99.4 Å². The molecule has 0 bridgehead atoms. The van der Waals surface area contributed by atoms with Gasteiger partial charge in [0.05, 0.1) is 48.3 Å². The van der Waals surface area contributed by atoms with Crippen LogP contribution in [0.15, 0.2) is 73.2 Å². The van der Waals surface area contributed by atoms with Gasteiger partial charge in [-0.2, -0.15) is 35.0 Å². The second-order valence-electron chi connectivity index (χ2n) is 12.9. The van der Waals surface area contributed by atoms with Crippen LogP contribution in [0.2, 0.25) is 10.6 Å². The molecule has 0 fully saturated rings. The molecule has 0 radical (unpaired) electrons. The number of allylic oxidation sites excluding steroid dienone is 1. The Bertz CT molecular complexity index is 3290. The summed E-state index contributed by atoms with van der Waals surface area (Å²) in [5, 5.41) is 10.4. The van der Waals surface area contributed by atoms with E-state index in [1.807, 2.05) is 0 Å². The number of ketones is 1. The number of fused-ring (bicyclic) bond motifs is 1. The number of carbonyl (C=O) groups excluding carboxylic acids is 1. The van der Waals surface area contributed by atoms with Crippen LogP contribution in [0.3, 0.4) is 0 Å². The van der Waals surface area contributed by atoms with E-state index in [0.29, 0.717) is 23.8 Å². The Morgan fingerprint density at radius 2 is 1.19 bits per heavy atom. The van der Waals surface area contributed by atoms with Crippen molar-refractivity contribution < 1.29 is 180 Å². The number of nitrogens with zero attached hydrogens (tertiary/aromatic N) is 7. The Morgan fingerprint density at radius 3 is 1.76 bits per heavy atom. The van der Waals surface area contributed by atoms with Gasteiger partial charge in [0.1, 0.15) is 46.2 Å². The fraction of sp³-hybridized carbons (Fsp3) is 0.125. The maximum absolute atomic E-state index is 14.1. The van der Waals surface area contributed by atoms with Crippen molar-refractivity contribution in [1.29, 1.82) is 0 Å². The Balaban J connectivity index is 0.00000385. The van der Waals surface area contributed by atoms with Gasteiger partial charge in [-0.05, 0) is 104 Å². The summed E-state index contributed by atoms with van der Waals surface area (Å²) >= 11 is 12.1. The predicted molar refractivity (Wildman–Crippen MR) is 216 cm³/mol. The van der Waals surface area contributed by atoms with E-state index < -0.39 is 117 Å². The summed E-state index contributed by atoms with van der Waals surface area (Å²) in [7, 11) is -21.4. The topological polar surface area (TPSA) is 393 Å². The number of hydrogen-bond acceptors (Lipinski definition) is 25. The van der Waals surface area contributed by atoms with E-state index in [-0.39, 0.29) is 147 Å². The summed E-state index contributed by atoms with van der Waals surface area (Å²) in [6.07, 6.45) is 0.117. The molecule has 0 unspecified atom stereocenters. The number of aryl methyl sites for hydroxylation is 1. The Kier molecular flexibility index (Phi) is 21.8. The van der Waals surface area contributed by atoms with Crippen molar-refractivity contribution in [1.82, 2.24) is 29.9 Å². The van der Waals surface area contributed by atoms with Crippen molar-refractivity contribution in [3.63, 3.8) is 0 Å². The molecule has 0 spiro atoms. The minimum atomic E-state index is -5.65. The van der Waals surface area contributed by atoms with Gasteiger partial charge in [0, 0.05) is 5.69 Å². The third kappa shape index (κ3) is 15.7. The fourth-order valence-electron chi connectivity index (χ4n) is 5.44. The van der Waals surface area contributed by atoms with E-state index in [0.717, 1.165) is 30.3 Å². The quantitative estimate of drug-likeness (QED) is 0.0456. The van der Waals surface area contributed by atoms with Crippen LogP contribution < -0.4 is 144 Å². The van der Waals surface area contributed by atoms with Crippen LogP contribution in [-0.2, 0) is 40.5 Å². The number of rotatable bonds is 14. The molecule has 1 aliphatic carbocycles. The molecular formula is C32H23Cl2N11Na4O14S4. The number of anilines is 7. The molecule has 25 nitrogen and oxygen atoms in total. The molecule has 3 aromatic carbocycles. The van der Waals surface area contributed by atoms with Crippen LogP contribution in [0, 0.1) is 6.92 Å². The number of hydrogen-bond donors (Lipinski definition) is 4. The van der Waals surface area contributed by atoms with Gasteiger partial charge in [-0.15, -0.1) is 0 Å². The average molecular weight is 1080 g/mol. The minimum absolute atomic E-state index is 0. The Labute approximate surface area is 479 Å². The number of Topliss-reactive ketones (excluding diaryl/α,β-unsaturated/α-hetero) is 1. The van der Waals surface area contributed by atoms with Crippen molar-refractivity contribution in [2.75, 3.05) is 21.4 Å². The van der Waals surface area contributed by atoms with Crippen molar-refractivity contribution in [3.8, 4) is 6.01 Å². The number of benzene rings is 3. The molecule has 0 saturated heterocycles. The molecule has 0 aliphatic heterocycles. The zero-order valence-electron chi connectivity index (χ0n) is 35.5. The first-order chi connectivity index (χ1) is 29.1. The fourth-order valence-corrected chi connectivity index (χ4v) is 8.25. The number of halogens is 2. The Morgan fingerprint density at radius 1 is 0.627 bits per heavy atom. The minimum Gasteiger partial charge on any atom is -0.744 e. The van der Waals surface area contributed by atoms with Gasteiger partial charge >= 0.3 is 124 Å². The van der Waals surface area contributed by atoms with E-state index in [1.165, 1.54) is 13.0 Å². The Hall–Kier alpha value is -2.02. The second-order valence-corrected chi connectivity index (χ2v) is 19.0. The molecule has 332 valence electrons. The van der Waals surface area contributed by atoms with Gasteiger partial charge in [-0.3, -0.25) is 10.2 Å². The van der Waals surface area contributed by atoms with Gasteiger partial charge in [0.2, 0.25) is 34.2 Å². The second kappa shape index (κ2) is 23.9. The van der Waals surface area contributed by atoms with Gasteiger partial charge in [-0.1, -0.05) is 6.07 Å². The van der Waals surface area contributed by atoms with Crippen molar-refractivity contribution in [2.24, 2.45) is 5.10 Å². The molecule has 5 aromatic rings. The van der Waals surface area contributed by atoms with E-state index >= 15 is 0 Å². The molecule has 2 aromatic heterocycles. The smallest absolute Gasteiger partial charge is 0.744 e. The van der Waals surface area contributed by atoms with Gasteiger partial charge in [0.25, 0.3) is 0 Å². The van der Waals surface area contributed by atoms with Gasteiger partial charge in [-0.25, -0.2) is 33.7 Å². The first kappa shape index (κ1) is 61.1. The molecule has 1 aliphatic rings. The number of nitrogens with one attached hydrogen (secondary N) is 4. The summed E-state index contributed by atoms with van der Waals surface area (Å²) in [5.74, 6) is -2.77. The van der Waals surface area contributed by atoms with Crippen LogP contribution in [0.1, 0.15) is 35.3 Å². The number of aromatic nitrogens is 6. The average Bonchev–Trinajstić information content (AvgIpc) is 3.12. The third-order valence-corrected chi connectivity index (χ3v) is 11.7. The SMILES string of the molecule is Cc1ccc(N/N=C2/C(=O)c3c(cc(S(=O)(=O)[O-])cc3Nc3nc(Cl)nc(Nc4ccc(S(=O)(=O)[O-])c(Nc5nc(Cl)nc(OC(C)C)n5)c4)n3)C=C2S(=O)(=O)[O-])c(S(=O)(=O)[O-])c1.[Na+].[Na+].[Na+].[Na+]. The van der Waals surface area contributed by atoms with Crippen LogP contribution in [0.5, 0.6) is 6.01 Å². The first-order valence-corrected chi connectivity index (χ1v) is 23.2. The molecule has 6 rings (SSSR count). The van der Waals surface area contributed by atoms with Crippen LogP contribution in [0.25, 0.3) is 6.08 Å². The number of ether oxygens (including phenoxy) is 1. The third-order valence-electron chi connectivity index (χ3n) is 7.89. The number of hydrazone groups is 1. The molecular weight excluding hydrogens is 1050 g/mol. The molecule has 0 saturated carbocycles. The van der Waals surface area contributed by atoms with Gasteiger partial charge in [0.15, 0.2) is 0 Å².